The van der Waals surface area contributed by atoms with E-state index in [2.05, 4.69) is 24.3 Å². The van der Waals surface area contributed by atoms with Gasteiger partial charge in [0.2, 0.25) is 15.9 Å². The predicted molar refractivity (Wildman–Crippen MR) is 106 cm³/mol. The van der Waals surface area contributed by atoms with Crippen LogP contribution in [0.3, 0.4) is 0 Å². The van der Waals surface area contributed by atoms with Crippen LogP contribution in [0.2, 0.25) is 0 Å². The molecule has 1 amide bonds. The lowest BCUT2D eigenvalue weighted by Gasteiger charge is -2.10. The van der Waals surface area contributed by atoms with Gasteiger partial charge in [0.1, 0.15) is 0 Å². The molecule has 1 heterocycles. The average molecular weight is 393 g/mol. The van der Waals surface area contributed by atoms with Crippen molar-refractivity contribution in [1.82, 2.24) is 9.78 Å². The quantitative estimate of drug-likeness (QED) is 0.755. The summed E-state index contributed by atoms with van der Waals surface area (Å²) in [4.78, 5) is 12.3. The summed E-state index contributed by atoms with van der Waals surface area (Å²) in [5.74, 6) is 0.309. The monoisotopic (exact) mass is 392 g/mol. The van der Waals surface area contributed by atoms with E-state index in [9.17, 15) is 13.2 Å². The number of primary sulfonamides is 1. The Morgan fingerprint density at radius 1 is 1.26 bits per heavy atom. The Kier molecular flexibility index (Phi) is 6.43. The largest absolute Gasteiger partial charge is 0.326 e. The zero-order valence-electron chi connectivity index (χ0n) is 16.5. The molecule has 7 nitrogen and oxygen atoms in total. The fourth-order valence-corrected chi connectivity index (χ4v) is 3.87. The third kappa shape index (κ3) is 5.40. The number of hydrogen-bond donors (Lipinski definition) is 2. The summed E-state index contributed by atoms with van der Waals surface area (Å²) in [6.07, 6.45) is 0.864. The molecule has 148 valence electrons. The Morgan fingerprint density at radius 2 is 1.93 bits per heavy atom. The van der Waals surface area contributed by atoms with Crippen LogP contribution in [0.1, 0.15) is 42.8 Å². The average Bonchev–Trinajstić information content (AvgIpc) is 2.79. The zero-order valence-corrected chi connectivity index (χ0v) is 17.4. The minimum atomic E-state index is -3.83. The molecular weight excluding hydrogens is 364 g/mol. The van der Waals surface area contributed by atoms with Crippen LogP contribution >= 0.6 is 0 Å². The molecule has 0 aliphatic carbocycles. The minimum absolute atomic E-state index is 0.0157. The summed E-state index contributed by atoms with van der Waals surface area (Å²) in [5, 5.41) is 12.5. The molecule has 0 aliphatic heterocycles. The van der Waals surface area contributed by atoms with Crippen molar-refractivity contribution in [2.45, 2.75) is 58.9 Å². The number of carbonyl (C=O) groups is 1. The highest BCUT2D eigenvalue weighted by Crippen LogP contribution is 2.20. The molecule has 0 unspecified atom stereocenters. The van der Waals surface area contributed by atoms with Crippen molar-refractivity contribution in [3.63, 3.8) is 0 Å². The molecule has 0 spiro atoms. The molecule has 0 radical (unpaired) electrons. The summed E-state index contributed by atoms with van der Waals surface area (Å²) < 4.78 is 25.2. The van der Waals surface area contributed by atoms with Gasteiger partial charge >= 0.3 is 0 Å². The molecule has 3 N–H and O–H groups in total. The van der Waals surface area contributed by atoms with E-state index in [1.54, 1.807) is 19.1 Å². The second-order valence-electron chi connectivity index (χ2n) is 7.30. The molecule has 0 saturated heterocycles. The second kappa shape index (κ2) is 8.22. The lowest BCUT2D eigenvalue weighted by molar-refractivity contribution is -0.116. The van der Waals surface area contributed by atoms with Gasteiger partial charge in [-0.2, -0.15) is 5.10 Å². The summed E-state index contributed by atoms with van der Waals surface area (Å²) in [5.41, 5.74) is 4.06. The second-order valence-corrected chi connectivity index (χ2v) is 8.83. The number of nitrogens with one attached hydrogen (secondary N) is 1. The molecule has 1 aromatic heterocycles. The van der Waals surface area contributed by atoms with Crippen LogP contribution in [-0.4, -0.2) is 24.1 Å². The number of carbonyl (C=O) groups excluding carboxylic acids is 1. The van der Waals surface area contributed by atoms with Crippen molar-refractivity contribution < 1.29 is 13.2 Å². The minimum Gasteiger partial charge on any atom is -0.326 e. The number of aromatic nitrogens is 2. The van der Waals surface area contributed by atoms with Crippen molar-refractivity contribution in [2.75, 3.05) is 5.32 Å². The molecule has 0 atom stereocenters. The fraction of sp³-hybridized carbons (Fsp3) is 0.474. The van der Waals surface area contributed by atoms with Gasteiger partial charge in [-0.1, -0.05) is 19.9 Å². The Bertz CT molecular complexity index is 946. The normalized spacial score (nSPS) is 11.8. The highest BCUT2D eigenvalue weighted by atomic mass is 32.2. The van der Waals surface area contributed by atoms with Gasteiger partial charge in [0.05, 0.1) is 10.6 Å². The number of sulfonamides is 1. The first-order valence-electron chi connectivity index (χ1n) is 8.95. The molecule has 0 fully saturated rings. The Hall–Kier alpha value is -2.19. The lowest BCUT2D eigenvalue weighted by Crippen LogP contribution is -2.16. The first-order chi connectivity index (χ1) is 12.5. The van der Waals surface area contributed by atoms with E-state index in [1.165, 1.54) is 6.07 Å². The van der Waals surface area contributed by atoms with Crippen LogP contribution in [0.4, 0.5) is 5.69 Å². The summed E-state index contributed by atoms with van der Waals surface area (Å²) in [6, 6.07) is 4.68. The maximum atomic E-state index is 12.3. The van der Waals surface area contributed by atoms with Crippen LogP contribution in [0.15, 0.2) is 23.1 Å². The molecule has 8 heteroatoms. The van der Waals surface area contributed by atoms with Gasteiger partial charge in [-0.3, -0.25) is 9.48 Å². The first kappa shape index (κ1) is 21.1. The molecule has 0 saturated carbocycles. The Labute approximate surface area is 161 Å². The van der Waals surface area contributed by atoms with Crippen molar-refractivity contribution in [2.24, 2.45) is 11.1 Å². The summed E-state index contributed by atoms with van der Waals surface area (Å²) >= 11 is 0. The Balaban J connectivity index is 2.07. The van der Waals surface area contributed by atoms with Gasteiger partial charge in [-0.05, 0) is 56.4 Å². The lowest BCUT2D eigenvalue weighted by atomic mass is 10.1. The van der Waals surface area contributed by atoms with Crippen molar-refractivity contribution in [1.29, 1.82) is 0 Å². The van der Waals surface area contributed by atoms with Crippen LogP contribution in [0.25, 0.3) is 0 Å². The maximum absolute atomic E-state index is 12.3. The number of aryl methyl sites for hydroxylation is 2. The van der Waals surface area contributed by atoms with Crippen molar-refractivity contribution >= 4 is 21.6 Å². The van der Waals surface area contributed by atoms with E-state index in [-0.39, 0.29) is 17.2 Å². The number of nitrogens with two attached hydrogens (primary N) is 1. The van der Waals surface area contributed by atoms with Gasteiger partial charge in [-0.25, -0.2) is 13.6 Å². The number of benzene rings is 1. The summed E-state index contributed by atoms with van der Waals surface area (Å²) in [7, 11) is -3.83. The van der Waals surface area contributed by atoms with E-state index in [0.29, 0.717) is 23.6 Å². The number of hydrogen-bond acceptors (Lipinski definition) is 4. The molecule has 0 bridgehead atoms. The van der Waals surface area contributed by atoms with Crippen LogP contribution < -0.4 is 10.5 Å². The first-order valence-corrected chi connectivity index (χ1v) is 10.5. The number of nitrogens with zero attached hydrogens (tertiary/aromatic N) is 2. The van der Waals surface area contributed by atoms with Gasteiger partial charge in [-0.15, -0.1) is 0 Å². The van der Waals surface area contributed by atoms with E-state index < -0.39 is 10.0 Å². The van der Waals surface area contributed by atoms with Crippen molar-refractivity contribution in [3.8, 4) is 0 Å². The zero-order chi connectivity index (χ0) is 20.4. The van der Waals surface area contributed by atoms with E-state index >= 15 is 0 Å². The SMILES string of the molecule is Cc1ccc(NC(=O)CCc2c(C)nn(CC(C)C)c2C)cc1S(N)(=O)=O. The molecular formula is C19H28N4O3S. The van der Waals surface area contributed by atoms with Crippen LogP contribution in [0, 0.1) is 26.7 Å². The predicted octanol–water partition coefficient (Wildman–Crippen LogP) is 2.68. The van der Waals surface area contributed by atoms with Gasteiger partial charge in [0, 0.05) is 24.3 Å². The molecule has 0 aliphatic rings. The molecule has 2 aromatic rings. The van der Waals surface area contributed by atoms with Gasteiger partial charge in [0.15, 0.2) is 0 Å². The Morgan fingerprint density at radius 3 is 2.52 bits per heavy atom. The highest BCUT2D eigenvalue weighted by molar-refractivity contribution is 7.89. The smallest absolute Gasteiger partial charge is 0.238 e. The molecule has 27 heavy (non-hydrogen) atoms. The fourth-order valence-electron chi connectivity index (χ4n) is 3.07. The van der Waals surface area contributed by atoms with Gasteiger partial charge in [0.25, 0.3) is 0 Å². The van der Waals surface area contributed by atoms with E-state index in [0.717, 1.165) is 23.5 Å². The number of amides is 1. The van der Waals surface area contributed by atoms with Crippen molar-refractivity contribution in [3.05, 3.63) is 40.7 Å². The number of rotatable bonds is 7. The third-order valence-corrected chi connectivity index (χ3v) is 5.50. The van der Waals surface area contributed by atoms with E-state index in [1.807, 2.05) is 18.5 Å². The summed E-state index contributed by atoms with van der Waals surface area (Å²) in [6.45, 7) is 10.8. The number of anilines is 1. The van der Waals surface area contributed by atoms with Crippen LogP contribution in [0.5, 0.6) is 0 Å². The molecule has 2 rings (SSSR count). The standard InChI is InChI=1S/C19H28N4O3S/c1-12(2)11-23-15(5)17(14(4)22-23)8-9-19(24)21-16-7-6-13(3)18(10-16)27(20,25)26/h6-7,10,12H,8-9,11H2,1-5H3,(H,21,24)(H2,20,25,26). The van der Waals surface area contributed by atoms with Gasteiger partial charge < -0.3 is 5.32 Å². The molecule has 1 aromatic carbocycles. The van der Waals surface area contributed by atoms with Crippen LogP contribution in [-0.2, 0) is 27.8 Å². The maximum Gasteiger partial charge on any atom is 0.238 e. The highest BCUT2D eigenvalue weighted by Gasteiger charge is 2.15. The van der Waals surface area contributed by atoms with E-state index in [4.69, 9.17) is 5.14 Å². The topological polar surface area (TPSA) is 107 Å². The third-order valence-electron chi connectivity index (χ3n) is 4.45.